The Morgan fingerprint density at radius 2 is 2.17 bits per heavy atom. The molecule has 0 amide bonds. The van der Waals surface area contributed by atoms with Gasteiger partial charge >= 0.3 is 0 Å². The van der Waals surface area contributed by atoms with Crippen molar-refractivity contribution in [2.75, 3.05) is 0 Å². The average molecular weight is 318 g/mol. The van der Waals surface area contributed by atoms with Gasteiger partial charge in [-0.25, -0.2) is 0 Å². The number of fused-ring (bicyclic) bond motifs is 1. The van der Waals surface area contributed by atoms with E-state index >= 15 is 0 Å². The molecule has 118 valence electrons. The summed E-state index contributed by atoms with van der Waals surface area (Å²) in [6.07, 6.45) is 6.04. The van der Waals surface area contributed by atoms with Gasteiger partial charge in [0, 0.05) is 20.2 Å². The molecule has 24 heavy (non-hydrogen) atoms. The molecule has 2 aromatic rings. The number of benzene rings is 1. The molecule has 2 heterocycles. The summed E-state index contributed by atoms with van der Waals surface area (Å²) >= 11 is 0. The van der Waals surface area contributed by atoms with Gasteiger partial charge in [0.25, 0.3) is 0 Å². The number of hydrogen-bond donors (Lipinski definition) is 0. The van der Waals surface area contributed by atoms with Crippen molar-refractivity contribution in [2.24, 2.45) is 4.99 Å². The van der Waals surface area contributed by atoms with E-state index in [1.165, 1.54) is 6.08 Å². The highest BCUT2D eigenvalue weighted by molar-refractivity contribution is 6.20. The van der Waals surface area contributed by atoms with Crippen molar-refractivity contribution in [3.05, 3.63) is 76.8 Å². The highest BCUT2D eigenvalue weighted by Crippen LogP contribution is 2.27. The second kappa shape index (κ2) is 6.40. The van der Waals surface area contributed by atoms with Crippen molar-refractivity contribution in [3.63, 3.8) is 0 Å². The van der Waals surface area contributed by atoms with Crippen LogP contribution in [0.4, 0.5) is 0 Å². The second-order valence-electron chi connectivity index (χ2n) is 5.56. The first-order chi connectivity index (χ1) is 14.3. The number of aromatic nitrogens is 1. The number of allylic oxidation sites excluding steroid dienone is 1. The Balaban J connectivity index is 2.01. The van der Waals surface area contributed by atoms with Gasteiger partial charge in [0.2, 0.25) is 0 Å². The van der Waals surface area contributed by atoms with Crippen LogP contribution in [0.15, 0.2) is 60.1 Å². The Morgan fingerprint density at radius 3 is 3.08 bits per heavy atom. The van der Waals surface area contributed by atoms with E-state index in [1.807, 2.05) is 18.2 Å². The maximum Gasteiger partial charge on any atom is 0.0954 e. The van der Waals surface area contributed by atoms with Crippen molar-refractivity contribution >= 4 is 29.1 Å². The van der Waals surface area contributed by atoms with E-state index in [9.17, 15) is 0 Å². The molecule has 0 spiro atoms. The van der Waals surface area contributed by atoms with Gasteiger partial charge in [-0.15, -0.1) is 0 Å². The Morgan fingerprint density at radius 1 is 1.25 bits per heavy atom. The molecule has 1 aromatic carbocycles. The molecule has 2 aliphatic rings. The maximum atomic E-state index is 8.60. The molecule has 2 heteroatoms. The summed E-state index contributed by atoms with van der Waals surface area (Å²) in [6, 6.07) is 2.66. The summed E-state index contributed by atoms with van der Waals surface area (Å²) in [5.74, 6) is 0. The van der Waals surface area contributed by atoms with E-state index < -0.39 is 12.8 Å². The fraction of sp³-hybridized carbons (Fsp3) is 0.182. The van der Waals surface area contributed by atoms with Gasteiger partial charge < -0.3 is 0 Å². The molecular formula is C22H20N2. The third-order valence-electron chi connectivity index (χ3n) is 4.10. The zero-order valence-electron chi connectivity index (χ0n) is 19.1. The lowest BCUT2D eigenvalue weighted by Crippen LogP contribution is -2.31. The number of nitrogens with zero attached hydrogens (tertiary/aromatic N) is 2. The Bertz CT molecular complexity index is 1250. The molecular weight excluding hydrogens is 292 g/mol. The van der Waals surface area contributed by atoms with Crippen LogP contribution in [0.2, 0.25) is 0 Å². The smallest absolute Gasteiger partial charge is 0.0954 e. The molecule has 0 N–H and O–H groups in total. The lowest BCUT2D eigenvalue weighted by atomic mass is 9.92. The third kappa shape index (κ3) is 2.65. The molecule has 0 saturated carbocycles. The van der Waals surface area contributed by atoms with Gasteiger partial charge in [0.05, 0.1) is 16.9 Å². The lowest BCUT2D eigenvalue weighted by molar-refractivity contribution is 1.03. The van der Waals surface area contributed by atoms with Gasteiger partial charge in [0.15, 0.2) is 0 Å². The zero-order valence-corrected chi connectivity index (χ0v) is 13.1. The van der Waals surface area contributed by atoms with E-state index in [2.05, 4.69) is 11.6 Å². The molecule has 0 saturated heterocycles. The minimum atomic E-state index is -0.988. The third-order valence-corrected chi connectivity index (χ3v) is 4.10. The number of hydrogen-bond acceptors (Lipinski definition) is 2. The number of rotatable bonds is 3. The normalized spacial score (nSPS) is 26.2. The van der Waals surface area contributed by atoms with Gasteiger partial charge in [-0.05, 0) is 47.7 Å². The van der Waals surface area contributed by atoms with Crippen molar-refractivity contribution in [1.82, 2.24) is 4.98 Å². The lowest BCUT2D eigenvalue weighted by Gasteiger charge is -2.18. The first-order valence-electron chi connectivity index (χ1n) is 11.0. The van der Waals surface area contributed by atoms with Crippen LogP contribution < -0.4 is 10.4 Å². The van der Waals surface area contributed by atoms with Crippen molar-refractivity contribution in [2.45, 2.75) is 25.6 Å². The van der Waals surface area contributed by atoms with Crippen LogP contribution in [0.5, 0.6) is 0 Å². The van der Waals surface area contributed by atoms with Crippen LogP contribution in [0.1, 0.15) is 45.1 Å². The summed E-state index contributed by atoms with van der Waals surface area (Å²) < 4.78 is 49.6. The molecule has 0 fully saturated rings. The Kier molecular flexibility index (Phi) is 2.54. The minimum absolute atomic E-state index is 0.182. The highest BCUT2D eigenvalue weighted by atomic mass is 14.8. The number of pyridine rings is 1. The molecule has 1 aromatic heterocycles. The Labute approximate surface area is 150 Å². The molecule has 2 unspecified atom stereocenters. The minimum Gasteiger partial charge on any atom is -0.254 e. The van der Waals surface area contributed by atoms with Crippen LogP contribution >= 0.6 is 0 Å². The van der Waals surface area contributed by atoms with E-state index in [0.29, 0.717) is 35.5 Å². The predicted molar refractivity (Wildman–Crippen MR) is 102 cm³/mol. The summed E-state index contributed by atoms with van der Waals surface area (Å²) in [6.45, 7) is 3.82. The molecule has 0 radical (unpaired) electrons. The van der Waals surface area contributed by atoms with Crippen molar-refractivity contribution < 1.29 is 8.22 Å². The zero-order chi connectivity index (χ0) is 21.6. The SMILES string of the molecule is [2H]c1c([2H])c([2H])c2c(c1[2H])=CC([2H])C([2H])C=2C1=NC(c2ncccc2C=C)=CCC1. The summed E-state index contributed by atoms with van der Waals surface area (Å²) in [4.78, 5) is 9.17. The fourth-order valence-electron chi connectivity index (χ4n) is 2.96. The van der Waals surface area contributed by atoms with Crippen LogP contribution in [-0.4, -0.2) is 10.7 Å². The van der Waals surface area contributed by atoms with Crippen molar-refractivity contribution in [3.8, 4) is 0 Å². The van der Waals surface area contributed by atoms with E-state index in [4.69, 9.17) is 13.2 Å². The monoisotopic (exact) mass is 318 g/mol. The largest absolute Gasteiger partial charge is 0.254 e. The average Bonchev–Trinajstić information content (AvgIpc) is 2.77. The first-order valence-corrected chi connectivity index (χ1v) is 7.88. The van der Waals surface area contributed by atoms with E-state index in [1.54, 1.807) is 12.3 Å². The van der Waals surface area contributed by atoms with E-state index in [0.717, 1.165) is 5.56 Å². The van der Waals surface area contributed by atoms with Crippen LogP contribution in [0, 0.1) is 0 Å². The van der Waals surface area contributed by atoms with Gasteiger partial charge in [-0.2, -0.15) is 0 Å². The van der Waals surface area contributed by atoms with Crippen LogP contribution in [-0.2, 0) is 0 Å². The van der Waals surface area contributed by atoms with Crippen molar-refractivity contribution in [1.29, 1.82) is 0 Å². The highest BCUT2D eigenvalue weighted by Gasteiger charge is 2.17. The molecule has 2 nitrogen and oxygen atoms in total. The molecule has 1 aliphatic carbocycles. The molecule has 2 atom stereocenters. The fourth-order valence-corrected chi connectivity index (χ4v) is 2.96. The van der Waals surface area contributed by atoms with Crippen LogP contribution in [0.3, 0.4) is 0 Å². The molecule has 0 bridgehead atoms. The summed E-state index contributed by atoms with van der Waals surface area (Å²) in [7, 11) is 0. The quantitative estimate of drug-likeness (QED) is 0.846. The first kappa shape index (κ1) is 9.53. The van der Waals surface area contributed by atoms with Gasteiger partial charge in [0.1, 0.15) is 0 Å². The topological polar surface area (TPSA) is 25.2 Å². The maximum absolute atomic E-state index is 8.60. The number of aliphatic imine (C=N–C) groups is 1. The Hall–Kier alpha value is -2.74. The molecule has 1 aliphatic heterocycles. The summed E-state index contributed by atoms with van der Waals surface area (Å²) in [5, 5.41) is 0.567. The van der Waals surface area contributed by atoms with Gasteiger partial charge in [-0.1, -0.05) is 55.0 Å². The van der Waals surface area contributed by atoms with Gasteiger partial charge in [-0.3, -0.25) is 9.98 Å². The standard InChI is InChI=1S/C22H20N2/c1-2-16-10-7-15-23-22(16)21-14-6-13-20(24-21)19-12-5-9-17-8-3-4-11-18(17)19/h2-4,7-11,14-15H,1,5-6,12-13H2/i3D,4D,5D,8D,11D,12D. The van der Waals surface area contributed by atoms with E-state index in [-0.39, 0.29) is 34.6 Å². The summed E-state index contributed by atoms with van der Waals surface area (Å²) in [5.41, 5.74) is 3.13. The molecule has 4 rings (SSSR count). The second-order valence-corrected chi connectivity index (χ2v) is 5.56. The van der Waals surface area contributed by atoms with Crippen LogP contribution in [0.25, 0.3) is 23.4 Å². The predicted octanol–water partition coefficient (Wildman–Crippen LogP) is 3.73.